The second-order valence-electron chi connectivity index (χ2n) is 6.33. The molecule has 0 aliphatic carbocycles. The normalized spacial score (nSPS) is 14.1. The molecule has 0 atom stereocenters. The molecule has 2 aromatic carbocycles. The number of amides is 2. The molecule has 2 amide bonds. The van der Waals surface area contributed by atoms with Crippen LogP contribution in [-0.4, -0.2) is 40.8 Å². The van der Waals surface area contributed by atoms with E-state index in [1.807, 2.05) is 49.4 Å². The lowest BCUT2D eigenvalue weighted by Gasteiger charge is -2.15. The van der Waals surface area contributed by atoms with Crippen LogP contribution < -0.4 is 4.74 Å². The molecule has 0 radical (unpaired) electrons. The highest BCUT2D eigenvalue weighted by Crippen LogP contribution is 2.37. The smallest absolute Gasteiger partial charge is 0.268 e. The van der Waals surface area contributed by atoms with Gasteiger partial charge in [0.05, 0.1) is 30.2 Å². The maximum absolute atomic E-state index is 13.1. The van der Waals surface area contributed by atoms with Gasteiger partial charge in [0.25, 0.3) is 11.8 Å². The maximum atomic E-state index is 13.1. The zero-order valence-corrected chi connectivity index (χ0v) is 16.6. The van der Waals surface area contributed by atoms with E-state index in [9.17, 15) is 14.7 Å². The summed E-state index contributed by atoms with van der Waals surface area (Å²) in [6, 6.07) is 16.7. The number of thioether (sulfide) groups is 1. The minimum Gasteiger partial charge on any atom is -0.494 e. The molecular formula is C22H23NO4S. The number of rotatable bonds is 9. The fraction of sp³-hybridized carbons (Fsp3) is 0.273. The molecular weight excluding hydrogens is 374 g/mol. The van der Waals surface area contributed by atoms with E-state index in [2.05, 4.69) is 0 Å². The first-order chi connectivity index (χ1) is 13.7. The van der Waals surface area contributed by atoms with Crippen molar-refractivity contribution < 1.29 is 19.4 Å². The van der Waals surface area contributed by atoms with E-state index in [4.69, 9.17) is 4.74 Å². The number of hydrogen-bond donors (Lipinski definition) is 1. The topological polar surface area (TPSA) is 66.8 Å². The van der Waals surface area contributed by atoms with Gasteiger partial charge >= 0.3 is 0 Å². The molecule has 0 unspecified atom stereocenters. The van der Waals surface area contributed by atoms with Gasteiger partial charge in [0.2, 0.25) is 0 Å². The number of nitrogens with zero attached hydrogens (tertiary/aromatic N) is 1. The molecule has 0 spiro atoms. The summed E-state index contributed by atoms with van der Waals surface area (Å²) in [6.45, 7) is 2.82. The number of carbonyl (C=O) groups is 2. The highest BCUT2D eigenvalue weighted by Gasteiger charge is 2.39. The Bertz CT molecular complexity index is 862. The molecule has 3 rings (SSSR count). The molecule has 1 aliphatic heterocycles. The summed E-state index contributed by atoms with van der Waals surface area (Å²) in [5.41, 5.74) is 1.96. The predicted molar refractivity (Wildman–Crippen MR) is 111 cm³/mol. The van der Waals surface area contributed by atoms with Crippen molar-refractivity contribution in [1.82, 2.24) is 4.90 Å². The zero-order chi connectivity index (χ0) is 19.9. The third-order valence-electron chi connectivity index (χ3n) is 4.26. The lowest BCUT2D eigenvalue weighted by atomic mass is 10.1. The highest BCUT2D eigenvalue weighted by atomic mass is 32.2. The van der Waals surface area contributed by atoms with Crippen molar-refractivity contribution in [2.75, 3.05) is 19.0 Å². The average molecular weight is 397 g/mol. The average Bonchev–Trinajstić information content (AvgIpc) is 2.96. The molecule has 1 N–H and O–H groups in total. The molecule has 5 nitrogen and oxygen atoms in total. The lowest BCUT2D eigenvalue weighted by Crippen LogP contribution is -2.30. The lowest BCUT2D eigenvalue weighted by molar-refractivity contribution is -0.137. The van der Waals surface area contributed by atoms with Crippen LogP contribution in [0, 0.1) is 0 Å². The van der Waals surface area contributed by atoms with Crippen LogP contribution in [-0.2, 0) is 16.1 Å². The van der Waals surface area contributed by atoms with Crippen molar-refractivity contribution in [1.29, 1.82) is 0 Å². The van der Waals surface area contributed by atoms with Gasteiger partial charge in [-0.05, 0) is 29.7 Å². The molecule has 0 saturated carbocycles. The summed E-state index contributed by atoms with van der Waals surface area (Å²) in [5, 5.41) is 9.19. The first-order valence-electron chi connectivity index (χ1n) is 9.27. The van der Waals surface area contributed by atoms with Gasteiger partial charge < -0.3 is 9.84 Å². The Morgan fingerprint density at radius 2 is 1.71 bits per heavy atom. The van der Waals surface area contributed by atoms with Crippen LogP contribution in [0.1, 0.15) is 24.5 Å². The molecule has 2 aromatic rings. The SMILES string of the molecule is CCCOc1ccc(C2=C(SCCO)C(=O)N(Cc3ccccc3)C2=O)cc1. The van der Waals surface area contributed by atoms with E-state index in [0.29, 0.717) is 28.4 Å². The molecule has 0 fully saturated rings. The first-order valence-corrected chi connectivity index (χ1v) is 10.3. The summed E-state index contributed by atoms with van der Waals surface area (Å²) in [4.78, 5) is 27.7. The van der Waals surface area contributed by atoms with Crippen LogP contribution in [0.25, 0.3) is 5.57 Å². The third kappa shape index (κ3) is 4.46. The van der Waals surface area contributed by atoms with Gasteiger partial charge in [-0.25, -0.2) is 0 Å². The molecule has 0 bridgehead atoms. The van der Waals surface area contributed by atoms with E-state index in [-0.39, 0.29) is 25.0 Å². The number of aliphatic hydroxyl groups excluding tert-OH is 1. The number of carbonyl (C=O) groups excluding carboxylic acids is 2. The first kappa shape index (κ1) is 20.2. The zero-order valence-electron chi connectivity index (χ0n) is 15.8. The van der Waals surface area contributed by atoms with Crippen LogP contribution >= 0.6 is 11.8 Å². The molecule has 0 saturated heterocycles. The van der Waals surface area contributed by atoms with Crippen molar-refractivity contribution >= 4 is 29.1 Å². The Labute approximate surface area is 169 Å². The van der Waals surface area contributed by atoms with Gasteiger partial charge in [0, 0.05) is 5.75 Å². The quantitative estimate of drug-likeness (QED) is 0.656. The Hall–Kier alpha value is -2.57. The molecule has 146 valence electrons. The second-order valence-corrected chi connectivity index (χ2v) is 7.44. The molecule has 1 aliphatic rings. The van der Waals surface area contributed by atoms with Crippen LogP contribution in [0.4, 0.5) is 0 Å². The Balaban J connectivity index is 1.89. The van der Waals surface area contributed by atoms with E-state index in [1.165, 1.54) is 16.7 Å². The summed E-state index contributed by atoms with van der Waals surface area (Å²) >= 11 is 1.22. The Morgan fingerprint density at radius 1 is 1.00 bits per heavy atom. The highest BCUT2D eigenvalue weighted by molar-refractivity contribution is 8.04. The minimum atomic E-state index is -0.311. The third-order valence-corrected chi connectivity index (χ3v) is 5.32. The van der Waals surface area contributed by atoms with E-state index >= 15 is 0 Å². The van der Waals surface area contributed by atoms with Crippen molar-refractivity contribution in [2.45, 2.75) is 19.9 Å². The summed E-state index contributed by atoms with van der Waals surface area (Å²) < 4.78 is 5.60. The molecule has 6 heteroatoms. The van der Waals surface area contributed by atoms with E-state index < -0.39 is 0 Å². The minimum absolute atomic E-state index is 0.0641. The number of hydrogen-bond acceptors (Lipinski definition) is 5. The number of ether oxygens (including phenoxy) is 1. The van der Waals surface area contributed by atoms with Crippen molar-refractivity contribution in [2.24, 2.45) is 0 Å². The van der Waals surface area contributed by atoms with Gasteiger partial charge in [-0.1, -0.05) is 49.4 Å². The summed E-state index contributed by atoms with van der Waals surface area (Å²) in [6.07, 6.45) is 0.913. The van der Waals surface area contributed by atoms with Crippen LogP contribution in [0.2, 0.25) is 0 Å². The molecule has 28 heavy (non-hydrogen) atoms. The Kier molecular flexibility index (Phi) is 6.90. The molecule has 0 aromatic heterocycles. The van der Waals surface area contributed by atoms with Gasteiger partial charge in [0.1, 0.15) is 5.75 Å². The fourth-order valence-corrected chi connectivity index (χ4v) is 3.82. The monoisotopic (exact) mass is 397 g/mol. The predicted octanol–water partition coefficient (Wildman–Crippen LogP) is 3.48. The number of aliphatic hydroxyl groups is 1. The van der Waals surface area contributed by atoms with Gasteiger partial charge in [0.15, 0.2) is 0 Å². The summed E-state index contributed by atoms with van der Waals surface area (Å²) in [7, 11) is 0. The van der Waals surface area contributed by atoms with Gasteiger partial charge in [-0.2, -0.15) is 0 Å². The van der Waals surface area contributed by atoms with Gasteiger partial charge in [-0.15, -0.1) is 11.8 Å². The number of benzene rings is 2. The largest absolute Gasteiger partial charge is 0.494 e. The van der Waals surface area contributed by atoms with Crippen molar-refractivity contribution in [3.05, 3.63) is 70.6 Å². The Morgan fingerprint density at radius 3 is 2.36 bits per heavy atom. The fourth-order valence-electron chi connectivity index (χ4n) is 2.94. The van der Waals surface area contributed by atoms with Crippen LogP contribution in [0.5, 0.6) is 5.75 Å². The second kappa shape index (κ2) is 9.57. The maximum Gasteiger partial charge on any atom is 0.268 e. The number of imide groups is 1. The van der Waals surface area contributed by atoms with Crippen molar-refractivity contribution in [3.63, 3.8) is 0 Å². The standard InChI is InChI=1S/C22H23NO4S/c1-2-13-27-18-10-8-17(9-11-18)19-20(28-14-12-24)22(26)23(21(19)25)15-16-6-4-3-5-7-16/h3-11,24H,2,12-15H2,1H3. The van der Waals surface area contributed by atoms with E-state index in [1.54, 1.807) is 12.1 Å². The van der Waals surface area contributed by atoms with Gasteiger partial charge in [-0.3, -0.25) is 14.5 Å². The molecule has 1 heterocycles. The van der Waals surface area contributed by atoms with Crippen LogP contribution in [0.15, 0.2) is 59.5 Å². The van der Waals surface area contributed by atoms with Crippen molar-refractivity contribution in [3.8, 4) is 5.75 Å². The van der Waals surface area contributed by atoms with Crippen LogP contribution in [0.3, 0.4) is 0 Å². The van der Waals surface area contributed by atoms with E-state index in [0.717, 1.165) is 17.7 Å². The summed E-state index contributed by atoms with van der Waals surface area (Å²) in [5.74, 6) is 0.466.